The number of nitrogens with two attached hydrogens (primary N) is 1. The Morgan fingerprint density at radius 3 is 2.38 bits per heavy atom. The van der Waals surface area contributed by atoms with Gasteiger partial charge in [0, 0.05) is 12.1 Å². The first-order valence-electron chi connectivity index (χ1n) is 12.2. The smallest absolute Gasteiger partial charge is 0.287 e. The molecule has 1 fully saturated rings. The lowest BCUT2D eigenvalue weighted by molar-refractivity contribution is -0.137. The topological polar surface area (TPSA) is 92.5 Å². The van der Waals surface area contributed by atoms with E-state index in [9.17, 15) is 14.4 Å². The molecule has 1 atom stereocenters. The average Bonchev–Trinajstić information content (AvgIpc) is 2.86. The van der Waals surface area contributed by atoms with Gasteiger partial charge in [-0.1, -0.05) is 80.8 Å². The third-order valence-corrected chi connectivity index (χ3v) is 6.21. The molecule has 1 saturated heterocycles. The van der Waals surface area contributed by atoms with E-state index in [1.54, 1.807) is 12.1 Å². The van der Waals surface area contributed by atoms with Crippen molar-refractivity contribution in [1.82, 2.24) is 10.2 Å². The number of carbonyl (C=O) groups is 3. The summed E-state index contributed by atoms with van der Waals surface area (Å²) in [6.07, 6.45) is 9.69. The Morgan fingerprint density at radius 1 is 1.00 bits per heavy atom. The molecule has 1 aliphatic heterocycles. The molecule has 2 amide bonds. The zero-order valence-electron chi connectivity index (χ0n) is 20.0. The van der Waals surface area contributed by atoms with Crippen molar-refractivity contribution in [1.29, 1.82) is 0 Å². The van der Waals surface area contributed by atoms with Gasteiger partial charge >= 0.3 is 0 Å². The summed E-state index contributed by atoms with van der Waals surface area (Å²) in [7, 11) is 0. The monoisotopic (exact) mass is 461 g/mol. The maximum Gasteiger partial charge on any atom is 0.287 e. The molecule has 34 heavy (non-hydrogen) atoms. The highest BCUT2D eigenvalue weighted by Gasteiger charge is 2.25. The second-order valence-corrected chi connectivity index (χ2v) is 8.90. The second kappa shape index (κ2) is 12.8. The van der Waals surface area contributed by atoms with Crippen molar-refractivity contribution in [2.75, 3.05) is 13.1 Å². The van der Waals surface area contributed by atoms with Crippen LogP contribution in [0.5, 0.6) is 0 Å². The predicted octanol–water partition coefficient (Wildman–Crippen LogP) is 4.19. The molecule has 0 spiro atoms. The van der Waals surface area contributed by atoms with E-state index in [4.69, 9.17) is 5.73 Å². The normalized spacial score (nSPS) is 15.2. The van der Waals surface area contributed by atoms with Crippen molar-refractivity contribution >= 4 is 29.7 Å². The fourth-order valence-electron chi connectivity index (χ4n) is 4.23. The number of primary amides is 1. The number of hydrogen-bond donors (Lipinski definition) is 2. The largest absolute Gasteiger partial charge is 0.363 e. The summed E-state index contributed by atoms with van der Waals surface area (Å²) in [5.41, 5.74) is 8.70. The van der Waals surface area contributed by atoms with Crippen molar-refractivity contribution in [3.8, 4) is 0 Å². The molecule has 6 heteroatoms. The van der Waals surface area contributed by atoms with Gasteiger partial charge in [-0.25, -0.2) is 0 Å². The van der Waals surface area contributed by atoms with E-state index >= 15 is 0 Å². The number of nitrogens with one attached hydrogen (secondary N) is 1. The Morgan fingerprint density at radius 2 is 1.71 bits per heavy atom. The number of nitrogens with zero attached hydrogens (tertiary/aromatic N) is 1. The summed E-state index contributed by atoms with van der Waals surface area (Å²) in [5.74, 6) is -2.19. The second-order valence-electron chi connectivity index (χ2n) is 8.90. The molecule has 0 aliphatic carbocycles. The average molecular weight is 462 g/mol. The SMILES string of the molecule is CCCCC(NC(=O)c1ccccc1/C=C/c1ccc(CN2CCCCC2)cc1)C(=O)C(N)=O. The van der Waals surface area contributed by atoms with Crippen LogP contribution in [0.1, 0.15) is 72.5 Å². The summed E-state index contributed by atoms with van der Waals surface area (Å²) < 4.78 is 0. The maximum absolute atomic E-state index is 13.0. The van der Waals surface area contributed by atoms with Gasteiger partial charge in [-0.15, -0.1) is 0 Å². The maximum atomic E-state index is 13.0. The molecule has 0 bridgehead atoms. The first kappa shape index (κ1) is 25.4. The van der Waals surface area contributed by atoms with E-state index in [0.717, 1.165) is 24.1 Å². The number of rotatable bonds is 11. The molecule has 0 radical (unpaired) electrons. The molecule has 0 aromatic heterocycles. The number of carbonyl (C=O) groups excluding carboxylic acids is 3. The van der Waals surface area contributed by atoms with Gasteiger partial charge in [-0.2, -0.15) is 0 Å². The summed E-state index contributed by atoms with van der Waals surface area (Å²) in [4.78, 5) is 39.0. The minimum Gasteiger partial charge on any atom is -0.363 e. The number of piperidine rings is 1. The number of unbranched alkanes of at least 4 members (excludes halogenated alkanes) is 1. The van der Waals surface area contributed by atoms with E-state index in [2.05, 4.69) is 34.5 Å². The van der Waals surface area contributed by atoms with Gasteiger partial charge in [0.15, 0.2) is 0 Å². The van der Waals surface area contributed by atoms with Gasteiger partial charge in [0.05, 0.1) is 6.04 Å². The Balaban J connectivity index is 1.68. The highest BCUT2D eigenvalue weighted by Crippen LogP contribution is 2.17. The van der Waals surface area contributed by atoms with Gasteiger partial charge < -0.3 is 11.1 Å². The summed E-state index contributed by atoms with van der Waals surface area (Å²) in [5, 5.41) is 2.71. The lowest BCUT2D eigenvalue weighted by Gasteiger charge is -2.26. The van der Waals surface area contributed by atoms with Crippen LogP contribution < -0.4 is 11.1 Å². The zero-order valence-corrected chi connectivity index (χ0v) is 20.0. The van der Waals surface area contributed by atoms with Gasteiger partial charge in [0.25, 0.3) is 11.8 Å². The van der Waals surface area contributed by atoms with Crippen LogP contribution in [0.25, 0.3) is 12.2 Å². The highest BCUT2D eigenvalue weighted by molar-refractivity contribution is 6.38. The van der Waals surface area contributed by atoms with Crippen molar-refractivity contribution in [2.24, 2.45) is 5.73 Å². The van der Waals surface area contributed by atoms with E-state index in [0.29, 0.717) is 18.4 Å². The van der Waals surface area contributed by atoms with Crippen molar-refractivity contribution in [3.63, 3.8) is 0 Å². The summed E-state index contributed by atoms with van der Waals surface area (Å²) in [6.45, 7) is 5.31. The minimum absolute atomic E-state index is 0.381. The first-order valence-corrected chi connectivity index (χ1v) is 12.2. The quantitative estimate of drug-likeness (QED) is 0.388. The van der Waals surface area contributed by atoms with Gasteiger partial charge in [0.1, 0.15) is 0 Å². The number of benzene rings is 2. The fourth-order valence-corrected chi connectivity index (χ4v) is 4.23. The zero-order chi connectivity index (χ0) is 24.3. The molecule has 1 aliphatic rings. The van der Waals surface area contributed by atoms with Crippen LogP contribution in [-0.2, 0) is 16.1 Å². The molecule has 3 N–H and O–H groups in total. The van der Waals surface area contributed by atoms with Crippen molar-refractivity contribution < 1.29 is 14.4 Å². The van der Waals surface area contributed by atoms with Gasteiger partial charge in [-0.05, 0) is 55.1 Å². The molecule has 2 aromatic carbocycles. The molecular formula is C28H35N3O3. The third kappa shape index (κ3) is 7.39. The summed E-state index contributed by atoms with van der Waals surface area (Å²) >= 11 is 0. The minimum atomic E-state index is -1.03. The third-order valence-electron chi connectivity index (χ3n) is 6.21. The van der Waals surface area contributed by atoms with E-state index in [1.165, 1.54) is 37.9 Å². The number of likely N-dealkylation sites (tertiary alicyclic amines) is 1. The molecule has 1 unspecified atom stereocenters. The summed E-state index contributed by atoms with van der Waals surface area (Å²) in [6, 6.07) is 14.8. The molecule has 0 saturated carbocycles. The van der Waals surface area contributed by atoms with Crippen molar-refractivity contribution in [3.05, 3.63) is 70.8 Å². The molecular weight excluding hydrogens is 426 g/mol. The Hall–Kier alpha value is -3.25. The van der Waals surface area contributed by atoms with Crippen LogP contribution in [0.3, 0.4) is 0 Å². The molecule has 1 heterocycles. The fraction of sp³-hybridized carbons (Fsp3) is 0.393. The van der Waals surface area contributed by atoms with Gasteiger partial charge in [0.2, 0.25) is 5.78 Å². The van der Waals surface area contributed by atoms with Gasteiger partial charge in [-0.3, -0.25) is 19.3 Å². The van der Waals surface area contributed by atoms with Crippen LogP contribution in [-0.4, -0.2) is 41.6 Å². The van der Waals surface area contributed by atoms with Crippen LogP contribution >= 0.6 is 0 Å². The van der Waals surface area contributed by atoms with E-state index in [-0.39, 0.29) is 0 Å². The number of hydrogen-bond acceptors (Lipinski definition) is 4. The van der Waals surface area contributed by atoms with Crippen molar-refractivity contribution in [2.45, 2.75) is 58.0 Å². The number of amides is 2. The van der Waals surface area contributed by atoms with E-state index in [1.807, 2.05) is 31.2 Å². The molecule has 6 nitrogen and oxygen atoms in total. The predicted molar refractivity (Wildman–Crippen MR) is 136 cm³/mol. The molecule has 180 valence electrons. The Bertz CT molecular complexity index is 1010. The lowest BCUT2D eigenvalue weighted by atomic mass is 10.0. The molecule has 3 rings (SSSR count). The van der Waals surface area contributed by atoms with Crippen LogP contribution in [0.15, 0.2) is 48.5 Å². The number of ketones is 1. The van der Waals surface area contributed by atoms with Crippen LogP contribution in [0.2, 0.25) is 0 Å². The standard InChI is InChI=1S/C28H35N3O3/c1-2-3-11-25(26(32)27(29)33)30-28(34)24-10-6-5-9-23(24)17-16-21-12-14-22(15-13-21)20-31-18-7-4-8-19-31/h5-6,9-10,12-17,25H,2-4,7-8,11,18-20H2,1H3,(H2,29,33)(H,30,34)/b17-16+. The Kier molecular flexibility index (Phi) is 9.59. The Labute approximate surface area is 202 Å². The van der Waals surface area contributed by atoms with Crippen LogP contribution in [0, 0.1) is 0 Å². The molecule has 2 aromatic rings. The lowest BCUT2D eigenvalue weighted by Crippen LogP contribution is -2.46. The first-order chi connectivity index (χ1) is 16.5. The number of Topliss-reactive ketones (excluding diaryl/α,β-unsaturated/α-hetero) is 1. The van der Waals surface area contributed by atoms with Crippen LogP contribution in [0.4, 0.5) is 0 Å². The highest BCUT2D eigenvalue weighted by atomic mass is 16.2. The van der Waals surface area contributed by atoms with E-state index < -0.39 is 23.6 Å².